The summed E-state index contributed by atoms with van der Waals surface area (Å²) >= 11 is 0. The number of hydrogen-bond donors (Lipinski definition) is 2. The molecule has 0 saturated carbocycles. The van der Waals surface area contributed by atoms with E-state index < -0.39 is 21.5 Å². The molecular formula is C17H21N3O4S. The Balaban J connectivity index is 2.38. The second kappa shape index (κ2) is 7.10. The molecule has 0 fully saturated rings. The lowest BCUT2D eigenvalue weighted by Gasteiger charge is -2.21. The average molecular weight is 363 g/mol. The molecule has 8 heteroatoms. The number of pyridine rings is 1. The number of methoxy groups -OCH3 is 1. The smallest absolute Gasteiger partial charge is 0.262 e. The van der Waals surface area contributed by atoms with Gasteiger partial charge >= 0.3 is 0 Å². The van der Waals surface area contributed by atoms with Crippen LogP contribution in [0.3, 0.4) is 0 Å². The van der Waals surface area contributed by atoms with Crippen LogP contribution in [-0.2, 0) is 10.0 Å². The molecule has 1 amide bonds. The summed E-state index contributed by atoms with van der Waals surface area (Å²) in [6.07, 6.45) is 2.82. The monoisotopic (exact) mass is 363 g/mol. The van der Waals surface area contributed by atoms with E-state index in [1.807, 2.05) is 20.8 Å². The van der Waals surface area contributed by atoms with Gasteiger partial charge in [-0.2, -0.15) is 0 Å². The third-order valence-corrected chi connectivity index (χ3v) is 4.55. The van der Waals surface area contributed by atoms with E-state index in [0.29, 0.717) is 5.75 Å². The van der Waals surface area contributed by atoms with Gasteiger partial charge < -0.3 is 10.1 Å². The molecule has 0 radical (unpaired) electrons. The molecule has 0 aliphatic heterocycles. The van der Waals surface area contributed by atoms with E-state index in [0.717, 1.165) is 0 Å². The Labute approximate surface area is 147 Å². The first kappa shape index (κ1) is 18.7. The Hall–Kier alpha value is -2.61. The lowest BCUT2D eigenvalue weighted by atomic mass is 10.1. The van der Waals surface area contributed by atoms with Crippen LogP contribution in [0.25, 0.3) is 0 Å². The second-order valence-electron chi connectivity index (χ2n) is 6.42. The van der Waals surface area contributed by atoms with E-state index >= 15 is 0 Å². The number of rotatable bonds is 5. The van der Waals surface area contributed by atoms with Crippen LogP contribution in [0.5, 0.6) is 5.75 Å². The number of hydrogen-bond acceptors (Lipinski definition) is 5. The number of nitrogens with zero attached hydrogens (tertiary/aromatic N) is 1. The fourth-order valence-corrected chi connectivity index (χ4v) is 3.33. The van der Waals surface area contributed by atoms with E-state index in [1.54, 1.807) is 12.1 Å². The molecule has 7 nitrogen and oxygen atoms in total. The number of anilines is 1. The molecule has 0 aliphatic carbocycles. The van der Waals surface area contributed by atoms with Gasteiger partial charge in [-0.15, -0.1) is 0 Å². The summed E-state index contributed by atoms with van der Waals surface area (Å²) in [5.41, 5.74) is -0.177. The summed E-state index contributed by atoms with van der Waals surface area (Å²) in [5.74, 6) is -0.0452. The van der Waals surface area contributed by atoms with Gasteiger partial charge in [-0.05, 0) is 32.9 Å². The summed E-state index contributed by atoms with van der Waals surface area (Å²) in [6.45, 7) is 5.46. The minimum absolute atomic E-state index is 0.0702. The highest BCUT2D eigenvalue weighted by Crippen LogP contribution is 2.22. The molecule has 25 heavy (non-hydrogen) atoms. The Kier molecular flexibility index (Phi) is 5.32. The number of nitrogens with one attached hydrogen (secondary N) is 2. The van der Waals surface area contributed by atoms with Crippen molar-refractivity contribution < 1.29 is 17.9 Å². The number of ether oxygens (including phenoxy) is 1. The van der Waals surface area contributed by atoms with Crippen LogP contribution in [-0.4, -0.2) is 32.0 Å². The van der Waals surface area contributed by atoms with Crippen molar-refractivity contribution >= 4 is 21.6 Å². The minimum Gasteiger partial charge on any atom is -0.495 e. The molecule has 2 rings (SSSR count). The maximum Gasteiger partial charge on any atom is 0.262 e. The zero-order valence-electron chi connectivity index (χ0n) is 14.5. The largest absolute Gasteiger partial charge is 0.495 e. The molecule has 0 unspecified atom stereocenters. The first-order valence-corrected chi connectivity index (χ1v) is 9.04. The Morgan fingerprint density at radius 2 is 1.84 bits per heavy atom. The van der Waals surface area contributed by atoms with Crippen molar-refractivity contribution in [2.75, 3.05) is 11.8 Å². The van der Waals surface area contributed by atoms with Gasteiger partial charge in [0, 0.05) is 11.6 Å². The number of amides is 1. The van der Waals surface area contributed by atoms with Crippen molar-refractivity contribution in [3.63, 3.8) is 0 Å². The number of sulfonamides is 1. The van der Waals surface area contributed by atoms with Gasteiger partial charge in [0.2, 0.25) is 0 Å². The van der Waals surface area contributed by atoms with E-state index in [1.165, 1.54) is 37.7 Å². The van der Waals surface area contributed by atoms with Gasteiger partial charge in [-0.3, -0.25) is 14.5 Å². The van der Waals surface area contributed by atoms with Gasteiger partial charge in [0.25, 0.3) is 15.9 Å². The van der Waals surface area contributed by atoms with E-state index in [-0.39, 0.29) is 16.1 Å². The molecule has 1 aromatic heterocycles. The molecule has 0 aliphatic rings. The van der Waals surface area contributed by atoms with Crippen LogP contribution in [0.1, 0.15) is 31.1 Å². The molecule has 2 N–H and O–H groups in total. The Bertz CT molecular complexity index is 873. The van der Waals surface area contributed by atoms with Gasteiger partial charge in [-0.25, -0.2) is 8.42 Å². The summed E-state index contributed by atoms with van der Waals surface area (Å²) in [7, 11) is -2.52. The van der Waals surface area contributed by atoms with Crippen LogP contribution in [0.4, 0.5) is 5.69 Å². The maximum atomic E-state index is 12.7. The van der Waals surface area contributed by atoms with Crippen molar-refractivity contribution in [1.29, 1.82) is 0 Å². The van der Waals surface area contributed by atoms with Crippen molar-refractivity contribution in [3.05, 3.63) is 48.3 Å². The molecule has 2 aromatic rings. The quantitative estimate of drug-likeness (QED) is 0.850. The lowest BCUT2D eigenvalue weighted by Crippen LogP contribution is -2.41. The summed E-state index contributed by atoms with van der Waals surface area (Å²) in [6, 6.07) is 7.53. The lowest BCUT2D eigenvalue weighted by molar-refractivity contribution is 0.0916. The minimum atomic E-state index is -3.98. The van der Waals surface area contributed by atoms with Crippen LogP contribution >= 0.6 is 0 Å². The third kappa shape index (κ3) is 4.93. The second-order valence-corrected chi connectivity index (χ2v) is 8.07. The van der Waals surface area contributed by atoms with Crippen molar-refractivity contribution in [3.8, 4) is 5.75 Å². The molecular weight excluding hydrogens is 342 g/mol. The Morgan fingerprint density at radius 3 is 2.48 bits per heavy atom. The standard InChI is InChI=1S/C17H21N3O4S/c1-17(2,3)19-16(21)14-7-5-6-8-15(14)25(22,23)20-12-9-13(24-4)11-18-10-12/h5-11,20H,1-4H3,(H,19,21). The zero-order chi connectivity index (χ0) is 18.7. The SMILES string of the molecule is COc1cncc(NS(=O)(=O)c2ccccc2C(=O)NC(C)(C)C)c1. The highest BCUT2D eigenvalue weighted by atomic mass is 32.2. The Morgan fingerprint density at radius 1 is 1.16 bits per heavy atom. The fourth-order valence-electron chi connectivity index (χ4n) is 2.09. The normalized spacial score (nSPS) is 11.7. The van der Waals surface area contributed by atoms with Gasteiger partial charge in [0.05, 0.1) is 30.8 Å². The third-order valence-electron chi connectivity index (χ3n) is 3.11. The molecule has 0 atom stereocenters. The van der Waals surface area contributed by atoms with E-state index in [4.69, 9.17) is 4.74 Å². The molecule has 0 saturated heterocycles. The topological polar surface area (TPSA) is 97.4 Å². The van der Waals surface area contributed by atoms with Crippen LogP contribution in [0.15, 0.2) is 47.6 Å². The fraction of sp³-hybridized carbons (Fsp3) is 0.294. The van der Waals surface area contributed by atoms with Crippen LogP contribution in [0, 0.1) is 0 Å². The average Bonchev–Trinajstić information content (AvgIpc) is 2.53. The molecule has 1 aromatic carbocycles. The molecule has 134 valence electrons. The highest BCUT2D eigenvalue weighted by molar-refractivity contribution is 7.92. The predicted octanol–water partition coefficient (Wildman–Crippen LogP) is 2.42. The van der Waals surface area contributed by atoms with Crippen molar-refractivity contribution in [2.45, 2.75) is 31.2 Å². The number of aromatic nitrogens is 1. The van der Waals surface area contributed by atoms with Gasteiger partial charge in [0.15, 0.2) is 0 Å². The number of carbonyl (C=O) groups excluding carboxylic acids is 1. The molecule has 0 bridgehead atoms. The zero-order valence-corrected chi connectivity index (χ0v) is 15.3. The highest BCUT2D eigenvalue weighted by Gasteiger charge is 2.24. The number of benzene rings is 1. The summed E-state index contributed by atoms with van der Waals surface area (Å²) in [5, 5.41) is 2.77. The number of carbonyl (C=O) groups is 1. The summed E-state index contributed by atoms with van der Waals surface area (Å²) in [4.78, 5) is 16.2. The van der Waals surface area contributed by atoms with E-state index in [9.17, 15) is 13.2 Å². The predicted molar refractivity (Wildman–Crippen MR) is 95.3 cm³/mol. The van der Waals surface area contributed by atoms with Crippen molar-refractivity contribution in [1.82, 2.24) is 10.3 Å². The van der Waals surface area contributed by atoms with Crippen LogP contribution < -0.4 is 14.8 Å². The van der Waals surface area contributed by atoms with Gasteiger partial charge in [0.1, 0.15) is 10.6 Å². The van der Waals surface area contributed by atoms with E-state index in [2.05, 4.69) is 15.0 Å². The summed E-state index contributed by atoms with van der Waals surface area (Å²) < 4.78 is 32.9. The molecule has 0 spiro atoms. The molecule has 1 heterocycles. The van der Waals surface area contributed by atoms with Crippen LogP contribution in [0.2, 0.25) is 0 Å². The van der Waals surface area contributed by atoms with Crippen molar-refractivity contribution in [2.24, 2.45) is 0 Å². The maximum absolute atomic E-state index is 12.7. The first-order valence-electron chi connectivity index (χ1n) is 7.56. The van der Waals surface area contributed by atoms with Gasteiger partial charge in [-0.1, -0.05) is 12.1 Å². The first-order chi connectivity index (χ1) is 11.6.